The van der Waals surface area contributed by atoms with Gasteiger partial charge in [-0.15, -0.1) is 0 Å². The van der Waals surface area contributed by atoms with Crippen LogP contribution < -0.4 is 20.1 Å². The summed E-state index contributed by atoms with van der Waals surface area (Å²) in [5.74, 6) is 2.55. The van der Waals surface area contributed by atoms with Crippen LogP contribution in [-0.2, 0) is 0 Å². The fourth-order valence-corrected chi connectivity index (χ4v) is 2.41. The van der Waals surface area contributed by atoms with Gasteiger partial charge >= 0.3 is 0 Å². The summed E-state index contributed by atoms with van der Waals surface area (Å²) in [7, 11) is 0. The molecule has 0 saturated carbocycles. The number of hydrogen-bond donors (Lipinski definition) is 2. The van der Waals surface area contributed by atoms with E-state index in [1.807, 2.05) is 24.4 Å². The number of benzene rings is 1. The topological polar surface area (TPSA) is 55.4 Å². The zero-order valence-electron chi connectivity index (χ0n) is 10.5. The van der Waals surface area contributed by atoms with Crippen molar-refractivity contribution in [2.45, 2.75) is 6.04 Å². The van der Waals surface area contributed by atoms with Gasteiger partial charge in [-0.2, -0.15) is 0 Å². The number of nitrogens with zero attached hydrogens (tertiary/aromatic N) is 1. The Bertz CT molecular complexity index is 625. The van der Waals surface area contributed by atoms with E-state index in [0.717, 1.165) is 41.2 Å². The molecule has 2 aromatic rings. The van der Waals surface area contributed by atoms with Gasteiger partial charge in [0, 0.05) is 24.7 Å². The van der Waals surface area contributed by atoms with Crippen LogP contribution in [0.4, 0.5) is 5.82 Å². The molecule has 1 aromatic heterocycles. The third-order valence-electron chi connectivity index (χ3n) is 3.55. The van der Waals surface area contributed by atoms with Crippen molar-refractivity contribution < 1.29 is 9.47 Å². The smallest absolute Gasteiger partial charge is 0.162 e. The van der Waals surface area contributed by atoms with Gasteiger partial charge < -0.3 is 20.1 Å². The molecular weight excluding hydrogens is 242 g/mol. The number of rotatable bonds is 2. The zero-order valence-corrected chi connectivity index (χ0v) is 10.5. The first kappa shape index (κ1) is 10.9. The van der Waals surface area contributed by atoms with Crippen molar-refractivity contribution in [3.63, 3.8) is 0 Å². The second kappa shape index (κ2) is 4.28. The molecule has 0 bridgehead atoms. The average molecular weight is 257 g/mol. The highest BCUT2D eigenvalue weighted by molar-refractivity contribution is 5.94. The lowest BCUT2D eigenvalue weighted by Gasteiger charge is -2.29. The minimum atomic E-state index is 0.464. The molecule has 0 unspecified atom stereocenters. The standard InChI is InChI=1S/C14H15N3O2/c1-2-16-14(17-10-7-15-8-10)11-6-13-12(5-9(1)11)18-3-4-19-13/h1-2,5-6,10,15H,3-4,7-8H2,(H,16,17). The number of anilines is 1. The number of nitrogens with one attached hydrogen (secondary N) is 2. The van der Waals surface area contributed by atoms with Gasteiger partial charge in [-0.3, -0.25) is 0 Å². The molecule has 0 atom stereocenters. The van der Waals surface area contributed by atoms with Gasteiger partial charge in [0.05, 0.1) is 6.04 Å². The SMILES string of the molecule is c1cc2cc3c(cc2c(NC2CNC2)n1)OCCO3. The monoisotopic (exact) mass is 257 g/mol. The summed E-state index contributed by atoms with van der Waals surface area (Å²) >= 11 is 0. The normalized spacial score (nSPS) is 18.1. The molecule has 5 heteroatoms. The minimum absolute atomic E-state index is 0.464. The van der Waals surface area contributed by atoms with E-state index >= 15 is 0 Å². The molecule has 3 heterocycles. The zero-order chi connectivity index (χ0) is 12.7. The van der Waals surface area contributed by atoms with Crippen molar-refractivity contribution in [2.24, 2.45) is 0 Å². The lowest BCUT2D eigenvalue weighted by Crippen LogP contribution is -2.51. The first-order valence-corrected chi connectivity index (χ1v) is 6.56. The van der Waals surface area contributed by atoms with Crippen LogP contribution in [0, 0.1) is 0 Å². The van der Waals surface area contributed by atoms with Crippen LogP contribution in [0.3, 0.4) is 0 Å². The van der Waals surface area contributed by atoms with Crippen LogP contribution in [0.1, 0.15) is 0 Å². The Morgan fingerprint density at radius 1 is 1.16 bits per heavy atom. The Morgan fingerprint density at radius 3 is 2.68 bits per heavy atom. The van der Waals surface area contributed by atoms with Crippen LogP contribution in [-0.4, -0.2) is 37.3 Å². The lowest BCUT2D eigenvalue weighted by molar-refractivity contribution is 0.172. The fraction of sp³-hybridized carbons (Fsp3) is 0.357. The van der Waals surface area contributed by atoms with Gasteiger partial charge in [-0.1, -0.05) is 0 Å². The Labute approximate surface area is 110 Å². The molecular formula is C14H15N3O2. The quantitative estimate of drug-likeness (QED) is 0.851. The highest BCUT2D eigenvalue weighted by Crippen LogP contribution is 2.36. The van der Waals surface area contributed by atoms with Crippen LogP contribution in [0.2, 0.25) is 0 Å². The van der Waals surface area contributed by atoms with Gasteiger partial charge in [-0.05, 0) is 23.6 Å². The van der Waals surface area contributed by atoms with Gasteiger partial charge in [0.25, 0.3) is 0 Å². The number of hydrogen-bond acceptors (Lipinski definition) is 5. The van der Waals surface area contributed by atoms with Gasteiger partial charge in [0.1, 0.15) is 19.0 Å². The Hall–Kier alpha value is -2.01. The van der Waals surface area contributed by atoms with Gasteiger partial charge in [0.15, 0.2) is 11.5 Å². The van der Waals surface area contributed by atoms with E-state index in [9.17, 15) is 0 Å². The first-order valence-electron chi connectivity index (χ1n) is 6.56. The van der Waals surface area contributed by atoms with E-state index in [1.165, 1.54) is 0 Å². The van der Waals surface area contributed by atoms with E-state index < -0.39 is 0 Å². The Kier molecular flexibility index (Phi) is 2.45. The maximum absolute atomic E-state index is 5.64. The maximum Gasteiger partial charge on any atom is 0.162 e. The van der Waals surface area contributed by atoms with Crippen LogP contribution in [0.15, 0.2) is 24.4 Å². The van der Waals surface area contributed by atoms with Crippen molar-refractivity contribution in [3.8, 4) is 11.5 Å². The molecule has 5 nitrogen and oxygen atoms in total. The highest BCUT2D eigenvalue weighted by Gasteiger charge is 2.19. The molecule has 0 amide bonds. The number of ether oxygens (including phenoxy) is 2. The molecule has 1 saturated heterocycles. The van der Waals surface area contributed by atoms with E-state index in [1.54, 1.807) is 0 Å². The Morgan fingerprint density at radius 2 is 1.95 bits per heavy atom. The molecule has 2 aliphatic rings. The molecule has 19 heavy (non-hydrogen) atoms. The summed E-state index contributed by atoms with van der Waals surface area (Å²) < 4.78 is 11.2. The second-order valence-corrected chi connectivity index (χ2v) is 4.88. The largest absolute Gasteiger partial charge is 0.486 e. The third-order valence-corrected chi connectivity index (χ3v) is 3.55. The summed E-state index contributed by atoms with van der Waals surface area (Å²) in [5, 5.41) is 8.90. The summed E-state index contributed by atoms with van der Waals surface area (Å²) in [4.78, 5) is 4.44. The number of aromatic nitrogens is 1. The van der Waals surface area contributed by atoms with Crippen molar-refractivity contribution in [1.82, 2.24) is 10.3 Å². The molecule has 2 N–H and O–H groups in total. The minimum Gasteiger partial charge on any atom is -0.486 e. The van der Waals surface area contributed by atoms with Crippen molar-refractivity contribution in [3.05, 3.63) is 24.4 Å². The second-order valence-electron chi connectivity index (χ2n) is 4.88. The summed E-state index contributed by atoms with van der Waals surface area (Å²) in [6.45, 7) is 3.20. The van der Waals surface area contributed by atoms with E-state index in [4.69, 9.17) is 9.47 Å². The molecule has 1 aromatic carbocycles. The molecule has 0 radical (unpaired) electrons. The molecule has 1 fully saturated rings. The van der Waals surface area contributed by atoms with Gasteiger partial charge in [-0.25, -0.2) is 4.98 Å². The van der Waals surface area contributed by atoms with E-state index in [0.29, 0.717) is 19.3 Å². The lowest BCUT2D eigenvalue weighted by atomic mass is 10.1. The molecule has 2 aliphatic heterocycles. The highest BCUT2D eigenvalue weighted by atomic mass is 16.6. The van der Waals surface area contributed by atoms with Crippen LogP contribution >= 0.6 is 0 Å². The van der Waals surface area contributed by atoms with Crippen LogP contribution in [0.5, 0.6) is 11.5 Å². The number of pyridine rings is 1. The van der Waals surface area contributed by atoms with Crippen LogP contribution in [0.25, 0.3) is 10.8 Å². The Balaban J connectivity index is 1.79. The number of fused-ring (bicyclic) bond motifs is 2. The molecule has 0 aliphatic carbocycles. The van der Waals surface area contributed by atoms with Crippen molar-refractivity contribution in [1.29, 1.82) is 0 Å². The average Bonchev–Trinajstić information content (AvgIpc) is 2.40. The molecule has 0 spiro atoms. The molecule has 4 rings (SSSR count). The molecule has 98 valence electrons. The maximum atomic E-state index is 5.64. The van der Waals surface area contributed by atoms with Gasteiger partial charge in [0.2, 0.25) is 0 Å². The summed E-state index contributed by atoms with van der Waals surface area (Å²) in [6.07, 6.45) is 1.83. The van der Waals surface area contributed by atoms with E-state index in [-0.39, 0.29) is 0 Å². The first-order chi connectivity index (χ1) is 9.40. The predicted molar refractivity (Wildman–Crippen MR) is 73.0 cm³/mol. The van der Waals surface area contributed by atoms with Crippen molar-refractivity contribution >= 4 is 16.6 Å². The predicted octanol–water partition coefficient (Wildman–Crippen LogP) is 1.39. The summed E-state index contributed by atoms with van der Waals surface area (Å²) in [5.41, 5.74) is 0. The van der Waals surface area contributed by atoms with Crippen molar-refractivity contribution in [2.75, 3.05) is 31.6 Å². The summed E-state index contributed by atoms with van der Waals surface area (Å²) in [6, 6.07) is 6.50. The third kappa shape index (κ3) is 1.86. The fourth-order valence-electron chi connectivity index (χ4n) is 2.41. The van der Waals surface area contributed by atoms with E-state index in [2.05, 4.69) is 15.6 Å².